The molecule has 4 rings (SSSR count). The van der Waals surface area contributed by atoms with Crippen LogP contribution in [-0.2, 0) is 13.0 Å². The van der Waals surface area contributed by atoms with Gasteiger partial charge in [0, 0.05) is 49.7 Å². The first-order valence-corrected chi connectivity index (χ1v) is 9.44. The quantitative estimate of drug-likeness (QED) is 0.706. The lowest BCUT2D eigenvalue weighted by molar-refractivity contribution is 0.474. The Bertz CT molecular complexity index is 842. The average molecular weight is 347 g/mol. The maximum absolute atomic E-state index is 4.70. The zero-order valence-corrected chi connectivity index (χ0v) is 15.3. The number of aryl methyl sites for hydroxylation is 1. The van der Waals surface area contributed by atoms with Gasteiger partial charge in [-0.25, -0.2) is 15.0 Å². The number of hydrogen-bond acceptors (Lipinski definition) is 4. The predicted molar refractivity (Wildman–Crippen MR) is 103 cm³/mol. The van der Waals surface area contributed by atoms with E-state index in [2.05, 4.69) is 69.0 Å². The van der Waals surface area contributed by atoms with E-state index in [4.69, 9.17) is 4.98 Å². The molecule has 0 radical (unpaired) electrons. The molecule has 1 atom stereocenters. The monoisotopic (exact) mass is 347 g/mol. The zero-order chi connectivity index (χ0) is 17.8. The van der Waals surface area contributed by atoms with Gasteiger partial charge in [0.15, 0.2) is 0 Å². The topological polar surface area (TPSA) is 46.8 Å². The third-order valence-corrected chi connectivity index (χ3v) is 5.13. The second kappa shape index (κ2) is 7.68. The summed E-state index contributed by atoms with van der Waals surface area (Å²) in [7, 11) is 0. The van der Waals surface area contributed by atoms with E-state index < -0.39 is 0 Å². The van der Waals surface area contributed by atoms with Gasteiger partial charge in [-0.1, -0.05) is 37.3 Å². The lowest BCUT2D eigenvalue weighted by Gasteiger charge is -2.33. The van der Waals surface area contributed by atoms with E-state index in [1.807, 2.05) is 6.20 Å². The van der Waals surface area contributed by atoms with Gasteiger partial charge in [0.2, 0.25) is 0 Å². The van der Waals surface area contributed by atoms with E-state index in [1.54, 1.807) is 6.33 Å². The van der Waals surface area contributed by atoms with Gasteiger partial charge in [-0.3, -0.25) is 0 Å². The molecule has 134 valence electrons. The smallest absolute Gasteiger partial charge is 0.132 e. The van der Waals surface area contributed by atoms with Gasteiger partial charge in [-0.05, 0) is 24.8 Å². The van der Waals surface area contributed by atoms with Crippen LogP contribution in [0.5, 0.6) is 0 Å². The van der Waals surface area contributed by atoms with E-state index >= 15 is 0 Å². The van der Waals surface area contributed by atoms with Crippen molar-refractivity contribution < 1.29 is 0 Å². The summed E-state index contributed by atoms with van der Waals surface area (Å²) in [6.07, 6.45) is 8.99. The molecule has 0 aliphatic carbocycles. The molecule has 1 aromatic carbocycles. The Morgan fingerprint density at radius 1 is 1.12 bits per heavy atom. The van der Waals surface area contributed by atoms with Crippen LogP contribution in [0.1, 0.15) is 42.8 Å². The Kier molecular flexibility index (Phi) is 4.95. The van der Waals surface area contributed by atoms with Crippen molar-refractivity contribution in [2.45, 2.75) is 38.6 Å². The minimum atomic E-state index is 0.433. The third kappa shape index (κ3) is 3.62. The van der Waals surface area contributed by atoms with Crippen LogP contribution in [0.4, 0.5) is 5.82 Å². The van der Waals surface area contributed by atoms with Crippen LogP contribution in [0.25, 0.3) is 0 Å². The molecular weight excluding hydrogens is 322 g/mol. The molecule has 0 saturated carbocycles. The zero-order valence-electron chi connectivity index (χ0n) is 15.3. The highest BCUT2D eigenvalue weighted by Crippen LogP contribution is 2.28. The fraction of sp³-hybridized carbons (Fsp3) is 0.381. The van der Waals surface area contributed by atoms with Crippen molar-refractivity contribution in [1.29, 1.82) is 0 Å². The van der Waals surface area contributed by atoms with Crippen molar-refractivity contribution in [3.05, 3.63) is 72.2 Å². The predicted octanol–water partition coefficient (Wildman–Crippen LogP) is 3.67. The maximum Gasteiger partial charge on any atom is 0.132 e. The highest BCUT2D eigenvalue weighted by Gasteiger charge is 2.25. The molecule has 1 aliphatic rings. The van der Waals surface area contributed by atoms with Crippen LogP contribution in [0, 0.1) is 0 Å². The SMILES string of the molecule is CCc1cc(N2CCC[C@@H](c3nccn3Cc3ccccc3)C2)ncn1. The summed E-state index contributed by atoms with van der Waals surface area (Å²) in [6.45, 7) is 5.02. The number of imidazole rings is 1. The molecule has 0 amide bonds. The summed E-state index contributed by atoms with van der Waals surface area (Å²) < 4.78 is 2.29. The maximum atomic E-state index is 4.70. The number of nitrogens with zero attached hydrogens (tertiary/aromatic N) is 5. The van der Waals surface area contributed by atoms with Gasteiger partial charge in [-0.15, -0.1) is 0 Å². The van der Waals surface area contributed by atoms with Crippen LogP contribution < -0.4 is 4.90 Å². The molecule has 0 N–H and O–H groups in total. The molecule has 5 heteroatoms. The van der Waals surface area contributed by atoms with Crippen LogP contribution in [0.2, 0.25) is 0 Å². The van der Waals surface area contributed by atoms with Crippen molar-refractivity contribution in [3.8, 4) is 0 Å². The van der Waals surface area contributed by atoms with Crippen molar-refractivity contribution >= 4 is 5.82 Å². The van der Waals surface area contributed by atoms with Crippen molar-refractivity contribution in [2.75, 3.05) is 18.0 Å². The largest absolute Gasteiger partial charge is 0.356 e. The Balaban J connectivity index is 1.52. The first kappa shape index (κ1) is 16.8. The second-order valence-corrected chi connectivity index (χ2v) is 6.91. The summed E-state index contributed by atoms with van der Waals surface area (Å²) in [5, 5.41) is 0. The minimum absolute atomic E-state index is 0.433. The normalized spacial score (nSPS) is 17.4. The van der Waals surface area contributed by atoms with E-state index in [0.717, 1.165) is 44.0 Å². The Morgan fingerprint density at radius 3 is 2.85 bits per heavy atom. The molecule has 26 heavy (non-hydrogen) atoms. The third-order valence-electron chi connectivity index (χ3n) is 5.13. The summed E-state index contributed by atoms with van der Waals surface area (Å²) in [6, 6.07) is 12.7. The molecule has 3 heterocycles. The number of piperidine rings is 1. The molecule has 2 aromatic heterocycles. The van der Waals surface area contributed by atoms with Gasteiger partial charge in [0.25, 0.3) is 0 Å². The minimum Gasteiger partial charge on any atom is -0.356 e. The van der Waals surface area contributed by atoms with Crippen LogP contribution in [-0.4, -0.2) is 32.6 Å². The highest BCUT2D eigenvalue weighted by atomic mass is 15.2. The van der Waals surface area contributed by atoms with Gasteiger partial charge in [0.05, 0.1) is 0 Å². The summed E-state index contributed by atoms with van der Waals surface area (Å²) >= 11 is 0. The van der Waals surface area contributed by atoms with Gasteiger partial charge in [-0.2, -0.15) is 0 Å². The molecule has 1 fully saturated rings. The van der Waals surface area contributed by atoms with Crippen molar-refractivity contribution in [3.63, 3.8) is 0 Å². The van der Waals surface area contributed by atoms with Gasteiger partial charge in [0.1, 0.15) is 18.0 Å². The Hall–Kier alpha value is -2.69. The van der Waals surface area contributed by atoms with E-state index in [-0.39, 0.29) is 0 Å². The first-order chi connectivity index (χ1) is 12.8. The molecule has 1 aliphatic heterocycles. The number of anilines is 1. The average Bonchev–Trinajstić information content (AvgIpc) is 3.17. The van der Waals surface area contributed by atoms with E-state index in [0.29, 0.717) is 5.92 Å². The molecule has 0 unspecified atom stereocenters. The first-order valence-electron chi connectivity index (χ1n) is 9.44. The molecule has 1 saturated heterocycles. The lowest BCUT2D eigenvalue weighted by Crippen LogP contribution is -2.36. The number of rotatable bonds is 5. The Labute approximate surface area is 154 Å². The molecular formula is C21H25N5. The number of hydrogen-bond donors (Lipinski definition) is 0. The summed E-state index contributed by atoms with van der Waals surface area (Å²) in [5.74, 6) is 2.66. The summed E-state index contributed by atoms with van der Waals surface area (Å²) in [5.41, 5.74) is 2.41. The van der Waals surface area contributed by atoms with Gasteiger partial charge < -0.3 is 9.47 Å². The number of aromatic nitrogens is 4. The fourth-order valence-corrected chi connectivity index (χ4v) is 3.74. The van der Waals surface area contributed by atoms with Gasteiger partial charge >= 0.3 is 0 Å². The molecule has 5 nitrogen and oxygen atoms in total. The second-order valence-electron chi connectivity index (χ2n) is 6.91. The Morgan fingerprint density at radius 2 is 2.00 bits per heavy atom. The van der Waals surface area contributed by atoms with Crippen LogP contribution in [0.3, 0.4) is 0 Å². The molecule has 0 bridgehead atoms. The fourth-order valence-electron chi connectivity index (χ4n) is 3.74. The van der Waals surface area contributed by atoms with E-state index in [1.165, 1.54) is 17.8 Å². The van der Waals surface area contributed by atoms with Crippen molar-refractivity contribution in [2.24, 2.45) is 0 Å². The highest BCUT2D eigenvalue weighted by molar-refractivity contribution is 5.40. The lowest BCUT2D eigenvalue weighted by atomic mass is 9.97. The summed E-state index contributed by atoms with van der Waals surface area (Å²) in [4.78, 5) is 15.9. The van der Waals surface area contributed by atoms with Crippen molar-refractivity contribution in [1.82, 2.24) is 19.5 Å². The number of benzene rings is 1. The van der Waals surface area contributed by atoms with E-state index in [9.17, 15) is 0 Å². The van der Waals surface area contributed by atoms with Crippen LogP contribution >= 0.6 is 0 Å². The molecule has 0 spiro atoms. The van der Waals surface area contributed by atoms with Crippen LogP contribution in [0.15, 0.2) is 55.1 Å². The molecule has 3 aromatic rings. The standard InChI is InChI=1S/C21H25N5/c1-2-19-13-20(24-16-23-19)25-11-6-9-18(15-25)21-22-10-12-26(21)14-17-7-4-3-5-8-17/h3-5,7-8,10,12-13,16,18H,2,6,9,11,14-15H2,1H3/t18-/m1/s1.